The Morgan fingerprint density at radius 3 is 2.62 bits per heavy atom. The molecule has 2 rings (SSSR count). The molecule has 0 aliphatic heterocycles. The lowest BCUT2D eigenvalue weighted by molar-refractivity contribution is -0.116. The van der Waals surface area contributed by atoms with Crippen LogP contribution in [-0.4, -0.2) is 36.6 Å². The lowest BCUT2D eigenvalue weighted by Crippen LogP contribution is -2.22. The number of nitrogens with one attached hydrogen (secondary N) is 1. The van der Waals surface area contributed by atoms with Gasteiger partial charge in [0.15, 0.2) is 11.5 Å². The Balaban J connectivity index is 1.97. The molecule has 2 N–H and O–H groups in total. The van der Waals surface area contributed by atoms with Crippen LogP contribution in [0, 0.1) is 0 Å². The standard InChI is InChI=1S/C21H26N2O3/c1-4-26-20-13-16(9-11-19(20)24)10-12-21(25)22-14-17-7-5-6-8-18(17)15-23(2)3/h5-13,24H,4,14-15H2,1-3H3,(H,22,25)/b12-10+. The van der Waals surface area contributed by atoms with Crippen molar-refractivity contribution in [3.05, 3.63) is 65.2 Å². The number of carbonyl (C=O) groups excluding carboxylic acids is 1. The van der Waals surface area contributed by atoms with Gasteiger partial charge >= 0.3 is 0 Å². The van der Waals surface area contributed by atoms with Gasteiger partial charge in [-0.2, -0.15) is 0 Å². The second-order valence-corrected chi connectivity index (χ2v) is 6.22. The summed E-state index contributed by atoms with van der Waals surface area (Å²) in [5.41, 5.74) is 3.09. The zero-order valence-electron chi connectivity index (χ0n) is 15.5. The molecule has 2 aromatic rings. The molecule has 0 bridgehead atoms. The van der Waals surface area contributed by atoms with Crippen LogP contribution in [0.4, 0.5) is 0 Å². The van der Waals surface area contributed by atoms with Crippen molar-refractivity contribution in [2.45, 2.75) is 20.0 Å². The van der Waals surface area contributed by atoms with E-state index in [1.807, 2.05) is 39.2 Å². The normalized spacial score (nSPS) is 11.1. The van der Waals surface area contributed by atoms with Crippen molar-refractivity contribution in [2.24, 2.45) is 0 Å². The van der Waals surface area contributed by atoms with Crippen LogP contribution >= 0.6 is 0 Å². The third-order valence-electron chi connectivity index (χ3n) is 3.77. The van der Waals surface area contributed by atoms with Crippen molar-refractivity contribution in [1.29, 1.82) is 0 Å². The predicted molar refractivity (Wildman–Crippen MR) is 104 cm³/mol. The Morgan fingerprint density at radius 1 is 1.19 bits per heavy atom. The second kappa shape index (κ2) is 9.63. The number of nitrogens with zero attached hydrogens (tertiary/aromatic N) is 1. The highest BCUT2D eigenvalue weighted by Crippen LogP contribution is 2.27. The van der Waals surface area contributed by atoms with Crippen molar-refractivity contribution < 1.29 is 14.6 Å². The molecule has 138 valence electrons. The molecule has 0 fully saturated rings. The van der Waals surface area contributed by atoms with Gasteiger partial charge in [-0.3, -0.25) is 4.79 Å². The highest BCUT2D eigenvalue weighted by molar-refractivity contribution is 5.91. The Morgan fingerprint density at radius 2 is 1.92 bits per heavy atom. The van der Waals surface area contributed by atoms with Crippen LogP contribution in [0.15, 0.2) is 48.5 Å². The first-order valence-corrected chi connectivity index (χ1v) is 8.63. The number of amides is 1. The number of hydrogen-bond donors (Lipinski definition) is 2. The fourth-order valence-corrected chi connectivity index (χ4v) is 2.54. The van der Waals surface area contributed by atoms with E-state index < -0.39 is 0 Å². The number of phenols is 1. The molecule has 5 heteroatoms. The smallest absolute Gasteiger partial charge is 0.244 e. The number of phenolic OH excluding ortho intramolecular Hbond substituents is 1. The molecule has 0 aliphatic carbocycles. The van der Waals surface area contributed by atoms with Crippen molar-refractivity contribution in [3.8, 4) is 11.5 Å². The summed E-state index contributed by atoms with van der Waals surface area (Å²) in [5, 5.41) is 12.6. The minimum Gasteiger partial charge on any atom is -0.504 e. The minimum atomic E-state index is -0.171. The summed E-state index contributed by atoms with van der Waals surface area (Å²) in [6.45, 7) is 3.62. The van der Waals surface area contributed by atoms with Crippen LogP contribution in [0.3, 0.4) is 0 Å². The molecule has 0 radical (unpaired) electrons. The highest BCUT2D eigenvalue weighted by Gasteiger charge is 2.05. The zero-order valence-corrected chi connectivity index (χ0v) is 15.5. The minimum absolute atomic E-state index is 0.0888. The summed E-state index contributed by atoms with van der Waals surface area (Å²) in [6.07, 6.45) is 3.18. The Hall–Kier alpha value is -2.79. The molecule has 0 atom stereocenters. The second-order valence-electron chi connectivity index (χ2n) is 6.22. The molecule has 0 saturated carbocycles. The van der Waals surface area contributed by atoms with E-state index >= 15 is 0 Å². The first-order chi connectivity index (χ1) is 12.5. The maximum atomic E-state index is 12.1. The molecule has 0 spiro atoms. The largest absolute Gasteiger partial charge is 0.504 e. The fraction of sp³-hybridized carbons (Fsp3) is 0.286. The van der Waals surface area contributed by atoms with Gasteiger partial charge in [0, 0.05) is 19.2 Å². The van der Waals surface area contributed by atoms with E-state index in [0.717, 1.165) is 17.7 Å². The topological polar surface area (TPSA) is 61.8 Å². The van der Waals surface area contributed by atoms with Crippen LogP contribution in [0.2, 0.25) is 0 Å². The average Bonchev–Trinajstić information content (AvgIpc) is 2.61. The number of hydrogen-bond acceptors (Lipinski definition) is 4. The summed E-state index contributed by atoms with van der Waals surface area (Å²) in [7, 11) is 4.04. The predicted octanol–water partition coefficient (Wildman–Crippen LogP) is 3.18. The fourth-order valence-electron chi connectivity index (χ4n) is 2.54. The molecule has 0 unspecified atom stereocenters. The van der Waals surface area contributed by atoms with Crippen LogP contribution in [0.5, 0.6) is 11.5 Å². The monoisotopic (exact) mass is 354 g/mol. The Labute approximate surface area is 154 Å². The Bertz CT molecular complexity index is 770. The van der Waals surface area contributed by atoms with Gasteiger partial charge in [0.05, 0.1) is 6.61 Å². The van der Waals surface area contributed by atoms with Gasteiger partial charge < -0.3 is 20.1 Å². The maximum Gasteiger partial charge on any atom is 0.244 e. The number of rotatable bonds is 8. The van der Waals surface area contributed by atoms with Gasteiger partial charge in [0.1, 0.15) is 0 Å². The zero-order chi connectivity index (χ0) is 18.9. The molecule has 5 nitrogen and oxygen atoms in total. The average molecular weight is 354 g/mol. The lowest BCUT2D eigenvalue weighted by Gasteiger charge is -2.14. The SMILES string of the molecule is CCOc1cc(/C=C/C(=O)NCc2ccccc2CN(C)C)ccc1O. The van der Waals surface area contributed by atoms with E-state index in [0.29, 0.717) is 18.9 Å². The molecule has 2 aromatic carbocycles. The van der Waals surface area contributed by atoms with Gasteiger partial charge in [0.2, 0.25) is 5.91 Å². The van der Waals surface area contributed by atoms with E-state index in [9.17, 15) is 9.90 Å². The number of aromatic hydroxyl groups is 1. The molecule has 26 heavy (non-hydrogen) atoms. The first kappa shape index (κ1) is 19.5. The molecular formula is C21H26N2O3. The van der Waals surface area contributed by atoms with Crippen molar-refractivity contribution >= 4 is 12.0 Å². The van der Waals surface area contributed by atoms with E-state index in [1.165, 1.54) is 11.6 Å². The third kappa shape index (κ3) is 5.93. The lowest BCUT2D eigenvalue weighted by atomic mass is 10.1. The van der Waals surface area contributed by atoms with E-state index in [1.54, 1.807) is 24.3 Å². The first-order valence-electron chi connectivity index (χ1n) is 8.63. The third-order valence-corrected chi connectivity index (χ3v) is 3.77. The highest BCUT2D eigenvalue weighted by atomic mass is 16.5. The number of ether oxygens (including phenoxy) is 1. The van der Waals surface area contributed by atoms with Gasteiger partial charge in [-0.15, -0.1) is 0 Å². The van der Waals surface area contributed by atoms with Crippen LogP contribution < -0.4 is 10.1 Å². The van der Waals surface area contributed by atoms with Gasteiger partial charge in [-0.1, -0.05) is 30.3 Å². The van der Waals surface area contributed by atoms with Crippen molar-refractivity contribution in [1.82, 2.24) is 10.2 Å². The quantitative estimate of drug-likeness (QED) is 0.715. The van der Waals surface area contributed by atoms with Gasteiger partial charge in [-0.05, 0) is 55.9 Å². The molecule has 1 amide bonds. The van der Waals surface area contributed by atoms with Crippen LogP contribution in [-0.2, 0) is 17.9 Å². The summed E-state index contributed by atoms with van der Waals surface area (Å²) in [4.78, 5) is 14.2. The van der Waals surface area contributed by atoms with Gasteiger partial charge in [0.25, 0.3) is 0 Å². The number of carbonyl (C=O) groups is 1. The van der Waals surface area contributed by atoms with Crippen molar-refractivity contribution in [2.75, 3.05) is 20.7 Å². The molecular weight excluding hydrogens is 328 g/mol. The van der Waals surface area contributed by atoms with Crippen LogP contribution in [0.25, 0.3) is 6.08 Å². The molecule has 0 aliphatic rings. The summed E-state index contributed by atoms with van der Waals surface area (Å²) in [5.74, 6) is 0.328. The number of benzene rings is 2. The summed E-state index contributed by atoms with van der Waals surface area (Å²) < 4.78 is 5.35. The summed E-state index contributed by atoms with van der Waals surface area (Å²) in [6, 6.07) is 13.1. The maximum absolute atomic E-state index is 12.1. The molecule has 0 saturated heterocycles. The summed E-state index contributed by atoms with van der Waals surface area (Å²) >= 11 is 0. The van der Waals surface area contributed by atoms with Gasteiger partial charge in [-0.25, -0.2) is 0 Å². The molecule has 0 aromatic heterocycles. The van der Waals surface area contributed by atoms with E-state index in [-0.39, 0.29) is 11.7 Å². The van der Waals surface area contributed by atoms with Crippen molar-refractivity contribution in [3.63, 3.8) is 0 Å². The Kier molecular flexibility index (Phi) is 7.24. The van der Waals surface area contributed by atoms with Crippen LogP contribution in [0.1, 0.15) is 23.6 Å². The van der Waals surface area contributed by atoms with E-state index in [4.69, 9.17) is 4.74 Å². The molecule has 0 heterocycles. The van der Waals surface area contributed by atoms with E-state index in [2.05, 4.69) is 16.3 Å².